The highest BCUT2D eigenvalue weighted by Gasteiger charge is 1.95. The number of ether oxygens (including phenoxy) is 2. The summed E-state index contributed by atoms with van der Waals surface area (Å²) in [5.74, 6) is 0. The number of hydrogen-bond acceptors (Lipinski definition) is 2. The maximum Gasteiger partial charge on any atom is 0.0466 e. The zero-order chi connectivity index (χ0) is 19.7. The summed E-state index contributed by atoms with van der Waals surface area (Å²) in [4.78, 5) is 0. The lowest BCUT2D eigenvalue weighted by Crippen LogP contribution is -1.74. The van der Waals surface area contributed by atoms with Gasteiger partial charge in [-0.05, 0) is 31.2 Å². The molecule has 2 fully saturated rings. The molecule has 1 aromatic carbocycles. The Kier molecular flexibility index (Phi) is 25.2. The van der Waals surface area contributed by atoms with Crippen molar-refractivity contribution in [3.05, 3.63) is 93.1 Å². The Morgan fingerprint density at radius 3 is 1.08 bits per heavy atom. The minimum absolute atomic E-state index is 1.00. The monoisotopic (exact) mass is 356 g/mol. The van der Waals surface area contributed by atoms with Gasteiger partial charge in [0.15, 0.2) is 0 Å². The van der Waals surface area contributed by atoms with E-state index in [0.717, 1.165) is 26.4 Å². The molecule has 0 N–H and O–H groups in total. The van der Waals surface area contributed by atoms with Crippen LogP contribution < -0.4 is 0 Å². The second-order valence-corrected chi connectivity index (χ2v) is 5.20. The third-order valence-corrected chi connectivity index (χ3v) is 3.02. The molecule has 3 rings (SSSR count). The SMILES string of the molecule is C1CCOC1.C1CCOC1.C=CC=C.C=CC=C.C=Cc1ccccc1. The highest BCUT2D eigenvalue weighted by Crippen LogP contribution is 1.99. The summed E-state index contributed by atoms with van der Waals surface area (Å²) < 4.78 is 9.89. The summed E-state index contributed by atoms with van der Waals surface area (Å²) in [6.45, 7) is 21.1. The number of benzene rings is 1. The van der Waals surface area contributed by atoms with Crippen LogP contribution in [0.4, 0.5) is 0 Å². The summed E-state index contributed by atoms with van der Waals surface area (Å²) in [6.07, 6.45) is 13.5. The van der Waals surface area contributed by atoms with Crippen molar-refractivity contribution in [3.63, 3.8) is 0 Å². The summed E-state index contributed by atoms with van der Waals surface area (Å²) in [7, 11) is 0. The van der Waals surface area contributed by atoms with Crippen molar-refractivity contribution in [1.29, 1.82) is 0 Å². The fourth-order valence-electron chi connectivity index (χ4n) is 1.61. The summed E-state index contributed by atoms with van der Waals surface area (Å²) in [5.41, 5.74) is 1.17. The quantitative estimate of drug-likeness (QED) is 0.565. The van der Waals surface area contributed by atoms with Gasteiger partial charge in [0.1, 0.15) is 0 Å². The smallest absolute Gasteiger partial charge is 0.0466 e. The van der Waals surface area contributed by atoms with Gasteiger partial charge in [-0.3, -0.25) is 0 Å². The minimum atomic E-state index is 1.00. The van der Waals surface area contributed by atoms with E-state index in [9.17, 15) is 0 Å². The highest BCUT2D eigenvalue weighted by molar-refractivity contribution is 5.45. The van der Waals surface area contributed by atoms with Crippen LogP contribution in [0.2, 0.25) is 0 Å². The van der Waals surface area contributed by atoms with Crippen LogP contribution >= 0.6 is 0 Å². The highest BCUT2D eigenvalue weighted by atomic mass is 16.5. The van der Waals surface area contributed by atoms with Gasteiger partial charge in [0.2, 0.25) is 0 Å². The summed E-state index contributed by atoms with van der Waals surface area (Å²) in [5, 5.41) is 0. The molecule has 26 heavy (non-hydrogen) atoms. The van der Waals surface area contributed by atoms with Gasteiger partial charge in [-0.15, -0.1) is 0 Å². The predicted molar refractivity (Wildman–Crippen MR) is 117 cm³/mol. The van der Waals surface area contributed by atoms with E-state index in [1.54, 1.807) is 24.3 Å². The van der Waals surface area contributed by atoms with Crippen LogP contribution in [-0.2, 0) is 9.47 Å². The molecule has 2 aliphatic heterocycles. The van der Waals surface area contributed by atoms with Crippen molar-refractivity contribution in [3.8, 4) is 0 Å². The molecular weight excluding hydrogens is 320 g/mol. The first-order chi connectivity index (χ1) is 12.8. The molecule has 0 saturated carbocycles. The molecule has 2 nitrogen and oxygen atoms in total. The first-order valence-corrected chi connectivity index (χ1v) is 9.06. The zero-order valence-corrected chi connectivity index (χ0v) is 16.3. The van der Waals surface area contributed by atoms with Crippen molar-refractivity contribution < 1.29 is 9.47 Å². The molecule has 1 aromatic rings. The molecule has 0 amide bonds. The van der Waals surface area contributed by atoms with Crippen molar-refractivity contribution in [2.45, 2.75) is 25.7 Å². The van der Waals surface area contributed by atoms with E-state index < -0.39 is 0 Å². The topological polar surface area (TPSA) is 18.5 Å². The van der Waals surface area contributed by atoms with E-state index in [0.29, 0.717) is 0 Å². The Bertz CT molecular complexity index is 391. The van der Waals surface area contributed by atoms with Gasteiger partial charge in [0.25, 0.3) is 0 Å². The van der Waals surface area contributed by atoms with E-state index in [1.807, 2.05) is 36.4 Å². The van der Waals surface area contributed by atoms with Crippen LogP contribution in [0.5, 0.6) is 0 Å². The van der Waals surface area contributed by atoms with Crippen LogP contribution in [0.1, 0.15) is 31.2 Å². The molecule has 2 heterocycles. The third-order valence-electron chi connectivity index (χ3n) is 3.02. The van der Waals surface area contributed by atoms with Gasteiger partial charge >= 0.3 is 0 Å². The first kappa shape index (κ1) is 26.1. The lowest BCUT2D eigenvalue weighted by molar-refractivity contribution is 0.198. The lowest BCUT2D eigenvalue weighted by atomic mass is 10.2. The molecule has 0 aliphatic carbocycles. The zero-order valence-electron chi connectivity index (χ0n) is 16.3. The Morgan fingerprint density at radius 2 is 0.923 bits per heavy atom. The first-order valence-electron chi connectivity index (χ1n) is 9.06. The molecule has 0 radical (unpaired) electrons. The van der Waals surface area contributed by atoms with Crippen LogP contribution in [0, 0.1) is 0 Å². The average molecular weight is 357 g/mol. The van der Waals surface area contributed by atoms with Crippen molar-refractivity contribution in [2.24, 2.45) is 0 Å². The normalized spacial score (nSPS) is 13.4. The van der Waals surface area contributed by atoms with E-state index in [-0.39, 0.29) is 0 Å². The largest absolute Gasteiger partial charge is 0.381 e. The molecule has 0 spiro atoms. The van der Waals surface area contributed by atoms with Gasteiger partial charge < -0.3 is 9.47 Å². The summed E-state index contributed by atoms with van der Waals surface area (Å²) >= 11 is 0. The molecule has 2 saturated heterocycles. The van der Waals surface area contributed by atoms with Gasteiger partial charge in [-0.25, -0.2) is 0 Å². The van der Waals surface area contributed by atoms with Gasteiger partial charge in [-0.2, -0.15) is 0 Å². The van der Waals surface area contributed by atoms with Crippen LogP contribution in [-0.4, -0.2) is 26.4 Å². The molecule has 144 valence electrons. The third kappa shape index (κ3) is 24.1. The minimum Gasteiger partial charge on any atom is -0.381 e. The van der Waals surface area contributed by atoms with Gasteiger partial charge in [0, 0.05) is 26.4 Å². The Hall–Kier alpha value is -2.16. The van der Waals surface area contributed by atoms with Crippen molar-refractivity contribution in [2.75, 3.05) is 26.4 Å². The van der Waals surface area contributed by atoms with E-state index in [2.05, 4.69) is 32.9 Å². The Labute approximate surface area is 161 Å². The fourth-order valence-corrected chi connectivity index (χ4v) is 1.61. The molecular formula is C24H36O2. The predicted octanol–water partition coefficient (Wildman–Crippen LogP) is 6.64. The second-order valence-electron chi connectivity index (χ2n) is 5.20. The van der Waals surface area contributed by atoms with E-state index in [1.165, 1.54) is 31.2 Å². The molecule has 0 atom stereocenters. The Morgan fingerprint density at radius 1 is 0.577 bits per heavy atom. The molecule has 0 aromatic heterocycles. The van der Waals surface area contributed by atoms with E-state index >= 15 is 0 Å². The fraction of sp³-hybridized carbons (Fsp3) is 0.333. The van der Waals surface area contributed by atoms with E-state index in [4.69, 9.17) is 9.47 Å². The van der Waals surface area contributed by atoms with Crippen molar-refractivity contribution >= 4 is 6.08 Å². The van der Waals surface area contributed by atoms with Gasteiger partial charge in [0.05, 0.1) is 0 Å². The molecule has 0 bridgehead atoms. The standard InChI is InChI=1S/C8H8.2C4H8O.2C4H6/c1-2-8-6-4-3-5-7-8;2*1-2-4-5-3-1;2*1-3-4-2/h2-7H,1H2;2*1-4H2;2*3-4H,1-2H2. The maximum absolute atomic E-state index is 4.94. The number of rotatable bonds is 3. The lowest BCUT2D eigenvalue weighted by Gasteiger charge is -1.85. The van der Waals surface area contributed by atoms with Crippen LogP contribution in [0.25, 0.3) is 6.08 Å². The maximum atomic E-state index is 4.94. The summed E-state index contributed by atoms with van der Waals surface area (Å²) in [6, 6.07) is 10.0. The second kappa shape index (κ2) is 25.1. The van der Waals surface area contributed by atoms with Crippen molar-refractivity contribution in [1.82, 2.24) is 0 Å². The number of allylic oxidation sites excluding steroid dienone is 4. The van der Waals surface area contributed by atoms with Crippen LogP contribution in [0.15, 0.2) is 87.5 Å². The molecule has 2 heteroatoms. The number of hydrogen-bond donors (Lipinski definition) is 0. The average Bonchev–Trinajstić information content (AvgIpc) is 3.47. The Balaban J connectivity index is 0. The van der Waals surface area contributed by atoms with Crippen LogP contribution in [0.3, 0.4) is 0 Å². The molecule has 0 unspecified atom stereocenters. The van der Waals surface area contributed by atoms with Gasteiger partial charge in [-0.1, -0.05) is 93.6 Å². The molecule has 2 aliphatic rings.